The second-order valence-electron chi connectivity index (χ2n) is 8.22. The fourth-order valence-electron chi connectivity index (χ4n) is 4.16. The number of esters is 1. The Morgan fingerprint density at radius 3 is 2.65 bits per heavy atom. The molecule has 0 saturated heterocycles. The van der Waals surface area contributed by atoms with E-state index in [1.54, 1.807) is 0 Å². The van der Waals surface area contributed by atoms with Gasteiger partial charge in [-0.05, 0) is 68.8 Å². The number of hydrogen-bond acceptors (Lipinski definition) is 2. The summed E-state index contributed by atoms with van der Waals surface area (Å²) in [5.41, 5.74) is 2.85. The van der Waals surface area contributed by atoms with Gasteiger partial charge in [0.05, 0.1) is 7.11 Å². The first kappa shape index (κ1) is 22.3. The second kappa shape index (κ2) is 10.4. The normalized spacial score (nSPS) is 22.9. The van der Waals surface area contributed by atoms with Gasteiger partial charge in [-0.3, -0.25) is 0 Å². The van der Waals surface area contributed by atoms with Crippen molar-refractivity contribution in [2.45, 2.75) is 66.7 Å². The summed E-state index contributed by atoms with van der Waals surface area (Å²) >= 11 is 0. The average Bonchev–Trinajstić information content (AvgIpc) is 2.92. The maximum Gasteiger partial charge on any atom is 0.384 e. The van der Waals surface area contributed by atoms with Gasteiger partial charge in [-0.2, -0.15) is 0 Å². The zero-order chi connectivity index (χ0) is 19.7. The predicted octanol–water partition coefficient (Wildman–Crippen LogP) is 6.10. The number of methoxy groups -OCH3 is 1. The summed E-state index contributed by atoms with van der Waals surface area (Å²) in [6.45, 7) is 15.3. The lowest BCUT2D eigenvalue weighted by atomic mass is 9.67. The van der Waals surface area contributed by atoms with Crippen molar-refractivity contribution < 1.29 is 9.53 Å². The molecule has 0 amide bonds. The Kier molecular flexibility index (Phi) is 8.93. The van der Waals surface area contributed by atoms with E-state index in [1.807, 2.05) is 6.08 Å². The lowest BCUT2D eigenvalue weighted by molar-refractivity contribution is -0.133. The van der Waals surface area contributed by atoms with Gasteiger partial charge in [0, 0.05) is 11.8 Å². The van der Waals surface area contributed by atoms with Crippen LogP contribution in [0.1, 0.15) is 66.7 Å². The van der Waals surface area contributed by atoms with Gasteiger partial charge in [0.2, 0.25) is 0 Å². The summed E-state index contributed by atoms with van der Waals surface area (Å²) in [7, 11) is 1.38. The minimum Gasteiger partial charge on any atom is -0.459 e. The molecule has 26 heavy (non-hydrogen) atoms. The number of carbonyl (C=O) groups is 1. The summed E-state index contributed by atoms with van der Waals surface area (Å²) in [5.74, 6) is 6.85. The molecule has 0 saturated carbocycles. The quantitative estimate of drug-likeness (QED) is 0.227. The lowest BCUT2D eigenvalue weighted by Crippen LogP contribution is -2.29. The molecule has 0 N–H and O–H groups in total. The van der Waals surface area contributed by atoms with Crippen LogP contribution in [0.4, 0.5) is 0 Å². The molecule has 1 aliphatic carbocycles. The third-order valence-corrected chi connectivity index (χ3v) is 5.74. The summed E-state index contributed by atoms with van der Waals surface area (Å²) in [5, 5.41) is 0. The van der Waals surface area contributed by atoms with Gasteiger partial charge < -0.3 is 4.74 Å². The minimum absolute atomic E-state index is 0.150. The van der Waals surface area contributed by atoms with E-state index in [1.165, 1.54) is 18.3 Å². The van der Waals surface area contributed by atoms with Gasteiger partial charge in [0.25, 0.3) is 0 Å². The molecule has 3 atom stereocenters. The first-order valence-corrected chi connectivity index (χ1v) is 9.80. The van der Waals surface area contributed by atoms with Crippen LogP contribution in [0.2, 0.25) is 0 Å². The van der Waals surface area contributed by atoms with Crippen molar-refractivity contribution in [3.8, 4) is 11.8 Å². The zero-order valence-corrected chi connectivity index (χ0v) is 17.5. The van der Waals surface area contributed by atoms with E-state index in [0.717, 1.165) is 32.1 Å². The number of rotatable bonds is 8. The van der Waals surface area contributed by atoms with Crippen LogP contribution in [0, 0.1) is 35.0 Å². The van der Waals surface area contributed by atoms with Crippen LogP contribution in [-0.4, -0.2) is 13.1 Å². The number of ether oxygens (including phenoxy) is 1. The molecular formula is C24H36O2. The first-order chi connectivity index (χ1) is 12.2. The highest BCUT2D eigenvalue weighted by Crippen LogP contribution is 2.51. The molecule has 0 bridgehead atoms. The van der Waals surface area contributed by atoms with E-state index >= 15 is 0 Å². The molecule has 0 heterocycles. The van der Waals surface area contributed by atoms with E-state index in [9.17, 15) is 4.79 Å². The van der Waals surface area contributed by atoms with Gasteiger partial charge in [-0.1, -0.05) is 57.1 Å². The molecule has 1 unspecified atom stereocenters. The molecule has 144 valence electrons. The van der Waals surface area contributed by atoms with Crippen LogP contribution >= 0.6 is 0 Å². The number of hydrogen-bond donors (Lipinski definition) is 0. The Labute approximate surface area is 160 Å². The average molecular weight is 357 g/mol. The van der Waals surface area contributed by atoms with Crippen LogP contribution in [0.3, 0.4) is 0 Å². The van der Waals surface area contributed by atoms with Gasteiger partial charge >= 0.3 is 5.97 Å². The highest BCUT2D eigenvalue weighted by atomic mass is 16.5. The molecule has 0 aromatic carbocycles. The molecule has 0 radical (unpaired) electrons. The first-order valence-electron chi connectivity index (χ1n) is 9.80. The molecule has 1 aliphatic rings. The van der Waals surface area contributed by atoms with Gasteiger partial charge in [0.15, 0.2) is 0 Å². The molecular weight excluding hydrogens is 320 g/mol. The summed E-state index contributed by atoms with van der Waals surface area (Å²) in [6, 6.07) is 0. The van der Waals surface area contributed by atoms with E-state index in [2.05, 4.69) is 69.9 Å². The maximum atomic E-state index is 11.4. The van der Waals surface area contributed by atoms with Crippen molar-refractivity contribution >= 4 is 5.97 Å². The summed E-state index contributed by atoms with van der Waals surface area (Å²) in [4.78, 5) is 11.4. The summed E-state index contributed by atoms with van der Waals surface area (Å²) in [6.07, 6.45) is 11.8. The molecule has 0 aromatic rings. The van der Waals surface area contributed by atoms with Crippen molar-refractivity contribution in [2.75, 3.05) is 7.11 Å². The Morgan fingerprint density at radius 2 is 2.12 bits per heavy atom. The predicted molar refractivity (Wildman–Crippen MR) is 111 cm³/mol. The monoisotopic (exact) mass is 356 g/mol. The van der Waals surface area contributed by atoms with Gasteiger partial charge in [-0.15, -0.1) is 0 Å². The van der Waals surface area contributed by atoms with Crippen LogP contribution in [0.5, 0.6) is 0 Å². The molecule has 2 heteroatoms. The van der Waals surface area contributed by atoms with Crippen LogP contribution in [0.15, 0.2) is 36.0 Å². The molecule has 0 fully saturated rings. The number of carbonyl (C=O) groups excluding carboxylic acids is 1. The van der Waals surface area contributed by atoms with Crippen LogP contribution in [-0.2, 0) is 9.53 Å². The topological polar surface area (TPSA) is 26.3 Å². The highest BCUT2D eigenvalue weighted by molar-refractivity contribution is 5.88. The van der Waals surface area contributed by atoms with E-state index in [-0.39, 0.29) is 11.3 Å². The van der Waals surface area contributed by atoms with Crippen molar-refractivity contribution in [1.82, 2.24) is 0 Å². The third kappa shape index (κ3) is 6.20. The minimum atomic E-state index is -0.448. The van der Waals surface area contributed by atoms with Crippen molar-refractivity contribution in [3.05, 3.63) is 36.0 Å². The van der Waals surface area contributed by atoms with Gasteiger partial charge in [0.1, 0.15) is 0 Å². The Balaban J connectivity index is 2.89. The van der Waals surface area contributed by atoms with Gasteiger partial charge in [-0.25, -0.2) is 4.79 Å². The smallest absolute Gasteiger partial charge is 0.384 e. The van der Waals surface area contributed by atoms with E-state index < -0.39 is 5.97 Å². The molecule has 0 aromatic heterocycles. The zero-order valence-electron chi connectivity index (χ0n) is 17.5. The molecule has 1 rings (SSSR count). The molecule has 2 nitrogen and oxygen atoms in total. The number of allylic oxidation sites excluding steroid dienone is 5. The Hall–Kier alpha value is -1.75. The molecule has 0 aliphatic heterocycles. The Morgan fingerprint density at radius 1 is 1.42 bits per heavy atom. The fourth-order valence-corrected chi connectivity index (χ4v) is 4.16. The third-order valence-electron chi connectivity index (χ3n) is 5.74. The molecule has 0 spiro atoms. The van der Waals surface area contributed by atoms with Crippen molar-refractivity contribution in [3.63, 3.8) is 0 Å². The lowest BCUT2D eigenvalue weighted by Gasteiger charge is -2.37. The SMILES string of the molecule is C=CC1=CC[C@H](C(C)C)[C@@]1(C)CCC(C#CC(=O)OC)CCC=C(C)C. The van der Waals surface area contributed by atoms with Crippen molar-refractivity contribution in [1.29, 1.82) is 0 Å². The van der Waals surface area contributed by atoms with Crippen molar-refractivity contribution in [2.24, 2.45) is 23.2 Å². The standard InChI is InChI=1S/C24H36O2/c1-8-21-13-14-22(19(4)5)24(21,6)17-16-20(11-9-10-18(2)3)12-15-23(25)26-7/h8,10,13,19-20,22H,1,9,11,14,16-17H2,2-7H3/t20?,22-,24+/m1/s1. The van der Waals surface area contributed by atoms with Crippen LogP contribution < -0.4 is 0 Å². The second-order valence-corrected chi connectivity index (χ2v) is 8.22. The fraction of sp³-hybridized carbons (Fsp3) is 0.625. The highest BCUT2D eigenvalue weighted by Gasteiger charge is 2.41. The summed E-state index contributed by atoms with van der Waals surface area (Å²) < 4.78 is 4.68. The Bertz CT molecular complexity index is 608. The van der Waals surface area contributed by atoms with Crippen LogP contribution in [0.25, 0.3) is 0 Å². The maximum absolute atomic E-state index is 11.4. The largest absolute Gasteiger partial charge is 0.459 e. The van der Waals surface area contributed by atoms with E-state index in [0.29, 0.717) is 11.8 Å². The van der Waals surface area contributed by atoms with E-state index in [4.69, 9.17) is 0 Å².